The van der Waals surface area contributed by atoms with Gasteiger partial charge in [-0.05, 0) is 30.9 Å². The number of aliphatic hydroxyl groups excluding tert-OH is 1. The number of hydrogen-bond acceptors (Lipinski definition) is 2. The van der Waals surface area contributed by atoms with Crippen molar-refractivity contribution >= 4 is 0 Å². The maximum atomic E-state index is 9.53. The lowest BCUT2D eigenvalue weighted by Gasteiger charge is -2.26. The Labute approximate surface area is 104 Å². The molecule has 0 aromatic heterocycles. The average molecular weight is 233 g/mol. The topological polar surface area (TPSA) is 32.3 Å². The van der Waals surface area contributed by atoms with Gasteiger partial charge < -0.3 is 10.4 Å². The van der Waals surface area contributed by atoms with E-state index in [1.54, 1.807) is 0 Å². The van der Waals surface area contributed by atoms with Crippen LogP contribution >= 0.6 is 0 Å². The second-order valence-electron chi connectivity index (χ2n) is 5.40. The first-order valence-electron chi connectivity index (χ1n) is 6.62. The fraction of sp³-hybridized carbons (Fsp3) is 0.600. The van der Waals surface area contributed by atoms with Gasteiger partial charge in [0.05, 0.1) is 0 Å². The van der Waals surface area contributed by atoms with E-state index in [0.717, 1.165) is 13.1 Å². The summed E-state index contributed by atoms with van der Waals surface area (Å²) in [5.74, 6) is 0. The zero-order chi connectivity index (χ0) is 12.1. The SMILES string of the molecule is Cc1ccccc1CNCC1(CO)CCCC1. The highest BCUT2D eigenvalue weighted by Crippen LogP contribution is 2.36. The third-order valence-corrected chi connectivity index (χ3v) is 4.08. The molecule has 1 fully saturated rings. The molecule has 94 valence electrons. The van der Waals surface area contributed by atoms with E-state index in [4.69, 9.17) is 0 Å². The van der Waals surface area contributed by atoms with Crippen LogP contribution in [0.25, 0.3) is 0 Å². The Bertz CT molecular complexity index is 356. The maximum Gasteiger partial charge on any atom is 0.0499 e. The Morgan fingerprint density at radius 3 is 2.59 bits per heavy atom. The van der Waals surface area contributed by atoms with Crippen molar-refractivity contribution in [2.24, 2.45) is 5.41 Å². The summed E-state index contributed by atoms with van der Waals surface area (Å²) < 4.78 is 0. The van der Waals surface area contributed by atoms with E-state index in [0.29, 0.717) is 6.61 Å². The van der Waals surface area contributed by atoms with Gasteiger partial charge in [-0.3, -0.25) is 0 Å². The Balaban J connectivity index is 1.85. The van der Waals surface area contributed by atoms with E-state index in [-0.39, 0.29) is 5.41 Å². The van der Waals surface area contributed by atoms with Crippen LogP contribution in [0.1, 0.15) is 36.8 Å². The van der Waals surface area contributed by atoms with Crippen molar-refractivity contribution in [1.82, 2.24) is 5.32 Å². The third kappa shape index (κ3) is 3.08. The highest BCUT2D eigenvalue weighted by atomic mass is 16.3. The normalized spacial score (nSPS) is 18.5. The molecule has 0 spiro atoms. The van der Waals surface area contributed by atoms with Crippen molar-refractivity contribution in [3.63, 3.8) is 0 Å². The molecule has 1 aliphatic rings. The number of hydrogen-bond donors (Lipinski definition) is 2. The molecule has 1 aromatic rings. The lowest BCUT2D eigenvalue weighted by atomic mass is 9.87. The zero-order valence-electron chi connectivity index (χ0n) is 10.7. The van der Waals surface area contributed by atoms with Gasteiger partial charge in [0.2, 0.25) is 0 Å². The van der Waals surface area contributed by atoms with Gasteiger partial charge in [0, 0.05) is 25.1 Å². The largest absolute Gasteiger partial charge is 0.396 e. The molecule has 2 rings (SSSR count). The van der Waals surface area contributed by atoms with Crippen LogP contribution < -0.4 is 5.32 Å². The van der Waals surface area contributed by atoms with Gasteiger partial charge in [0.15, 0.2) is 0 Å². The van der Waals surface area contributed by atoms with Crippen molar-refractivity contribution in [2.75, 3.05) is 13.2 Å². The molecule has 0 aliphatic heterocycles. The number of rotatable bonds is 5. The first kappa shape index (κ1) is 12.6. The van der Waals surface area contributed by atoms with E-state index in [2.05, 4.69) is 36.5 Å². The lowest BCUT2D eigenvalue weighted by molar-refractivity contribution is 0.128. The Hall–Kier alpha value is -0.860. The van der Waals surface area contributed by atoms with Crippen LogP contribution in [-0.2, 0) is 6.54 Å². The highest BCUT2D eigenvalue weighted by molar-refractivity contribution is 5.25. The quantitative estimate of drug-likeness (QED) is 0.819. The number of aryl methyl sites for hydroxylation is 1. The second kappa shape index (κ2) is 5.65. The third-order valence-electron chi connectivity index (χ3n) is 4.08. The maximum absolute atomic E-state index is 9.53. The summed E-state index contributed by atoms with van der Waals surface area (Å²) in [6.45, 7) is 4.33. The minimum Gasteiger partial charge on any atom is -0.396 e. The van der Waals surface area contributed by atoms with Crippen molar-refractivity contribution in [1.29, 1.82) is 0 Å². The molecule has 0 atom stereocenters. The molecule has 0 bridgehead atoms. The standard InChI is InChI=1S/C15H23NO/c1-13-6-2-3-7-14(13)10-16-11-15(12-17)8-4-5-9-15/h2-3,6-7,16-17H,4-5,8-12H2,1H3. The van der Waals surface area contributed by atoms with Gasteiger partial charge in [-0.15, -0.1) is 0 Å². The van der Waals surface area contributed by atoms with E-state index in [9.17, 15) is 5.11 Å². The van der Waals surface area contributed by atoms with Crippen LogP contribution in [-0.4, -0.2) is 18.3 Å². The van der Waals surface area contributed by atoms with Crippen molar-refractivity contribution < 1.29 is 5.11 Å². The number of nitrogens with one attached hydrogen (secondary N) is 1. The van der Waals surface area contributed by atoms with Crippen LogP contribution in [0.15, 0.2) is 24.3 Å². The number of aliphatic hydroxyl groups is 1. The average Bonchev–Trinajstić information content (AvgIpc) is 2.81. The molecule has 2 N–H and O–H groups in total. The predicted molar refractivity (Wildman–Crippen MR) is 70.9 cm³/mol. The van der Waals surface area contributed by atoms with E-state index >= 15 is 0 Å². The molecule has 0 unspecified atom stereocenters. The molecule has 17 heavy (non-hydrogen) atoms. The molecule has 1 saturated carbocycles. The van der Waals surface area contributed by atoms with Crippen molar-refractivity contribution in [2.45, 2.75) is 39.2 Å². The molecule has 2 nitrogen and oxygen atoms in total. The molecule has 2 heteroatoms. The summed E-state index contributed by atoms with van der Waals surface area (Å²) >= 11 is 0. The summed E-state index contributed by atoms with van der Waals surface area (Å²) in [5.41, 5.74) is 2.85. The lowest BCUT2D eigenvalue weighted by Crippen LogP contribution is -2.34. The fourth-order valence-corrected chi connectivity index (χ4v) is 2.79. The Kier molecular flexibility index (Phi) is 4.19. The molecule has 0 heterocycles. The van der Waals surface area contributed by atoms with E-state index < -0.39 is 0 Å². The van der Waals surface area contributed by atoms with Gasteiger partial charge >= 0.3 is 0 Å². The minimum absolute atomic E-state index is 0.155. The predicted octanol–water partition coefficient (Wildman–Crippen LogP) is 2.64. The molecule has 1 aliphatic carbocycles. The van der Waals surface area contributed by atoms with E-state index in [1.165, 1.54) is 36.8 Å². The monoisotopic (exact) mass is 233 g/mol. The van der Waals surface area contributed by atoms with Gasteiger partial charge in [0.25, 0.3) is 0 Å². The summed E-state index contributed by atoms with van der Waals surface area (Å²) in [4.78, 5) is 0. The molecule has 0 saturated heterocycles. The van der Waals surface area contributed by atoms with Crippen LogP contribution in [0.2, 0.25) is 0 Å². The van der Waals surface area contributed by atoms with Gasteiger partial charge in [0.1, 0.15) is 0 Å². The van der Waals surface area contributed by atoms with Crippen LogP contribution in [0.5, 0.6) is 0 Å². The Morgan fingerprint density at radius 2 is 1.94 bits per heavy atom. The second-order valence-corrected chi connectivity index (χ2v) is 5.40. The van der Waals surface area contributed by atoms with Crippen LogP contribution in [0, 0.1) is 12.3 Å². The molecular formula is C15H23NO. The minimum atomic E-state index is 0.155. The van der Waals surface area contributed by atoms with Gasteiger partial charge in [-0.1, -0.05) is 37.1 Å². The van der Waals surface area contributed by atoms with Gasteiger partial charge in [-0.2, -0.15) is 0 Å². The highest BCUT2D eigenvalue weighted by Gasteiger charge is 2.32. The van der Waals surface area contributed by atoms with Crippen LogP contribution in [0.4, 0.5) is 0 Å². The van der Waals surface area contributed by atoms with Crippen molar-refractivity contribution in [3.8, 4) is 0 Å². The first-order valence-corrected chi connectivity index (χ1v) is 6.62. The summed E-state index contributed by atoms with van der Waals surface area (Å²) in [6, 6.07) is 8.48. The molecular weight excluding hydrogens is 210 g/mol. The van der Waals surface area contributed by atoms with E-state index in [1.807, 2.05) is 0 Å². The Morgan fingerprint density at radius 1 is 1.24 bits per heavy atom. The molecule has 0 radical (unpaired) electrons. The summed E-state index contributed by atoms with van der Waals surface area (Å²) in [7, 11) is 0. The molecule has 0 amide bonds. The zero-order valence-corrected chi connectivity index (χ0v) is 10.7. The van der Waals surface area contributed by atoms with Gasteiger partial charge in [-0.25, -0.2) is 0 Å². The summed E-state index contributed by atoms with van der Waals surface area (Å²) in [5, 5.41) is 13.0. The fourth-order valence-electron chi connectivity index (χ4n) is 2.79. The smallest absolute Gasteiger partial charge is 0.0499 e. The first-order chi connectivity index (χ1) is 8.26. The molecule has 1 aromatic carbocycles. The summed E-state index contributed by atoms with van der Waals surface area (Å²) in [6.07, 6.45) is 4.88. The van der Waals surface area contributed by atoms with Crippen LogP contribution in [0.3, 0.4) is 0 Å². The number of benzene rings is 1. The van der Waals surface area contributed by atoms with Crippen molar-refractivity contribution in [3.05, 3.63) is 35.4 Å².